The topological polar surface area (TPSA) is 102 Å². The minimum absolute atomic E-state index is 0.0374. The zero-order valence-electron chi connectivity index (χ0n) is 15.0. The molecule has 7 nitrogen and oxygen atoms in total. The first kappa shape index (κ1) is 18.8. The van der Waals surface area contributed by atoms with Crippen molar-refractivity contribution in [1.29, 1.82) is 0 Å². The fourth-order valence-corrected chi connectivity index (χ4v) is 3.21. The third-order valence-electron chi connectivity index (χ3n) is 3.87. The molecule has 27 heavy (non-hydrogen) atoms. The zero-order valence-corrected chi connectivity index (χ0v) is 15.8. The van der Waals surface area contributed by atoms with Gasteiger partial charge in [-0.3, -0.25) is 10.1 Å². The normalized spacial score (nSPS) is 11.3. The molecule has 1 amide bonds. The minimum Gasteiger partial charge on any atom is -0.407 e. The van der Waals surface area contributed by atoms with Crippen molar-refractivity contribution < 1.29 is 17.6 Å². The van der Waals surface area contributed by atoms with Crippen molar-refractivity contribution in [1.82, 2.24) is 10.2 Å². The van der Waals surface area contributed by atoms with Gasteiger partial charge in [0.2, 0.25) is 11.8 Å². The molecule has 1 aromatic heterocycles. The van der Waals surface area contributed by atoms with Crippen molar-refractivity contribution in [3.8, 4) is 0 Å². The summed E-state index contributed by atoms with van der Waals surface area (Å²) >= 11 is 0. The molecular weight excluding hydrogens is 366 g/mol. The van der Waals surface area contributed by atoms with Crippen LogP contribution in [0, 0.1) is 6.92 Å². The maximum Gasteiger partial charge on any atom is 0.322 e. The van der Waals surface area contributed by atoms with Gasteiger partial charge in [0.25, 0.3) is 0 Å². The number of amides is 1. The molecular formula is C19H19N3O4S. The Kier molecular flexibility index (Phi) is 5.36. The zero-order chi connectivity index (χ0) is 19.4. The Balaban J connectivity index is 1.60. The number of rotatable bonds is 6. The van der Waals surface area contributed by atoms with Gasteiger partial charge in [0.15, 0.2) is 9.84 Å². The maximum absolute atomic E-state index is 12.1. The molecule has 0 fully saturated rings. The van der Waals surface area contributed by atoms with Gasteiger partial charge in [-0.25, -0.2) is 8.42 Å². The van der Waals surface area contributed by atoms with E-state index in [-0.39, 0.29) is 23.2 Å². The molecule has 2 aromatic carbocycles. The van der Waals surface area contributed by atoms with Gasteiger partial charge in [0.05, 0.1) is 17.7 Å². The molecule has 0 spiro atoms. The van der Waals surface area contributed by atoms with Gasteiger partial charge in [0, 0.05) is 6.26 Å². The van der Waals surface area contributed by atoms with E-state index in [1.54, 1.807) is 12.1 Å². The first-order chi connectivity index (χ1) is 12.8. The highest BCUT2D eigenvalue weighted by Gasteiger charge is 2.12. The fraction of sp³-hybridized carbons (Fsp3) is 0.211. The molecule has 0 aliphatic rings. The predicted molar refractivity (Wildman–Crippen MR) is 100 cm³/mol. The molecule has 3 aromatic rings. The summed E-state index contributed by atoms with van der Waals surface area (Å²) in [5.74, 6) is 0.0845. The summed E-state index contributed by atoms with van der Waals surface area (Å²) in [5.41, 5.74) is 2.81. The highest BCUT2D eigenvalue weighted by molar-refractivity contribution is 7.90. The second-order valence-corrected chi connectivity index (χ2v) is 8.32. The first-order valence-corrected chi connectivity index (χ1v) is 10.2. The van der Waals surface area contributed by atoms with Crippen molar-refractivity contribution in [3.63, 3.8) is 0 Å². The number of sulfone groups is 1. The molecule has 0 radical (unpaired) electrons. The second kappa shape index (κ2) is 7.71. The quantitative estimate of drug-likeness (QED) is 0.700. The Bertz CT molecular complexity index is 1060. The van der Waals surface area contributed by atoms with Gasteiger partial charge in [-0.1, -0.05) is 47.1 Å². The van der Waals surface area contributed by atoms with Crippen LogP contribution in [-0.2, 0) is 27.5 Å². The molecule has 0 atom stereocenters. The van der Waals surface area contributed by atoms with E-state index in [1.807, 2.05) is 31.2 Å². The number of aryl methyl sites for hydroxylation is 1. The average Bonchev–Trinajstić information content (AvgIpc) is 3.01. The lowest BCUT2D eigenvalue weighted by atomic mass is 10.1. The molecule has 0 aliphatic carbocycles. The summed E-state index contributed by atoms with van der Waals surface area (Å²) < 4.78 is 28.4. The lowest BCUT2D eigenvalue weighted by Gasteiger charge is -2.02. The molecule has 140 valence electrons. The lowest BCUT2D eigenvalue weighted by Crippen LogP contribution is -2.14. The lowest BCUT2D eigenvalue weighted by molar-refractivity contribution is -0.115. The van der Waals surface area contributed by atoms with Crippen molar-refractivity contribution in [2.75, 3.05) is 11.6 Å². The molecule has 1 heterocycles. The van der Waals surface area contributed by atoms with Crippen LogP contribution in [0.15, 0.2) is 57.8 Å². The highest BCUT2D eigenvalue weighted by Crippen LogP contribution is 2.15. The minimum atomic E-state index is -3.23. The van der Waals surface area contributed by atoms with Crippen LogP contribution in [0.4, 0.5) is 6.01 Å². The third-order valence-corrected chi connectivity index (χ3v) is 5.00. The van der Waals surface area contributed by atoms with E-state index in [4.69, 9.17) is 4.42 Å². The molecule has 0 bridgehead atoms. The van der Waals surface area contributed by atoms with Crippen molar-refractivity contribution in [3.05, 3.63) is 71.1 Å². The Morgan fingerprint density at radius 2 is 1.81 bits per heavy atom. The van der Waals surface area contributed by atoms with Crippen LogP contribution < -0.4 is 5.32 Å². The van der Waals surface area contributed by atoms with Crippen LogP contribution in [0.25, 0.3) is 0 Å². The maximum atomic E-state index is 12.1. The molecule has 0 unspecified atom stereocenters. The number of aromatic nitrogens is 2. The van der Waals surface area contributed by atoms with Crippen LogP contribution in [0.3, 0.4) is 0 Å². The van der Waals surface area contributed by atoms with E-state index in [9.17, 15) is 13.2 Å². The fourth-order valence-electron chi connectivity index (χ4n) is 2.58. The largest absolute Gasteiger partial charge is 0.407 e. The van der Waals surface area contributed by atoms with Gasteiger partial charge in [0.1, 0.15) is 0 Å². The monoisotopic (exact) mass is 385 g/mol. The summed E-state index contributed by atoms with van der Waals surface area (Å²) in [6, 6.07) is 14.2. The highest BCUT2D eigenvalue weighted by atomic mass is 32.2. The Hall–Kier alpha value is -3.00. The summed E-state index contributed by atoms with van der Waals surface area (Å²) in [5, 5.41) is 10.3. The van der Waals surface area contributed by atoms with Crippen molar-refractivity contribution in [2.24, 2.45) is 0 Å². The standard InChI is InChI=1S/C19H19N3O4S/c1-13-4-3-5-15(10-13)11-17(23)20-19-22-21-18(26-19)12-14-6-8-16(9-7-14)27(2,24)25/h3-10H,11-12H2,1-2H3,(H,20,22,23). The van der Waals surface area contributed by atoms with Crippen LogP contribution in [0.2, 0.25) is 0 Å². The van der Waals surface area contributed by atoms with Crippen molar-refractivity contribution >= 4 is 21.8 Å². The number of nitrogens with one attached hydrogen (secondary N) is 1. The number of hydrogen-bond acceptors (Lipinski definition) is 6. The number of hydrogen-bond donors (Lipinski definition) is 1. The number of benzene rings is 2. The van der Waals surface area contributed by atoms with Gasteiger partial charge in [-0.05, 0) is 30.2 Å². The van der Waals surface area contributed by atoms with E-state index in [0.29, 0.717) is 12.3 Å². The smallest absolute Gasteiger partial charge is 0.322 e. The Morgan fingerprint density at radius 1 is 1.07 bits per heavy atom. The number of nitrogens with zero attached hydrogens (tertiary/aromatic N) is 2. The molecule has 8 heteroatoms. The van der Waals surface area contributed by atoms with Gasteiger partial charge in [-0.15, -0.1) is 5.10 Å². The van der Waals surface area contributed by atoms with Crippen LogP contribution in [0.5, 0.6) is 0 Å². The van der Waals surface area contributed by atoms with Crippen molar-refractivity contribution in [2.45, 2.75) is 24.7 Å². The summed E-state index contributed by atoms with van der Waals surface area (Å²) in [6.45, 7) is 1.97. The van der Waals surface area contributed by atoms with Gasteiger partial charge >= 0.3 is 6.01 Å². The summed E-state index contributed by atoms with van der Waals surface area (Å²) in [4.78, 5) is 12.3. The van der Waals surface area contributed by atoms with Crippen LogP contribution >= 0.6 is 0 Å². The number of carbonyl (C=O) groups is 1. The summed E-state index contributed by atoms with van der Waals surface area (Å²) in [6.07, 6.45) is 1.71. The SMILES string of the molecule is Cc1cccc(CC(=O)Nc2nnc(Cc3ccc(S(C)(=O)=O)cc3)o2)c1. The van der Waals surface area contributed by atoms with Gasteiger partial charge in [-0.2, -0.15) is 0 Å². The van der Waals surface area contributed by atoms with E-state index < -0.39 is 9.84 Å². The van der Waals surface area contributed by atoms with E-state index >= 15 is 0 Å². The molecule has 0 aliphatic heterocycles. The van der Waals surface area contributed by atoms with Crippen LogP contribution in [-0.4, -0.2) is 30.8 Å². The average molecular weight is 385 g/mol. The molecule has 3 rings (SSSR count). The predicted octanol–water partition coefficient (Wildman–Crippen LogP) is 2.55. The van der Waals surface area contributed by atoms with Crippen LogP contribution in [0.1, 0.15) is 22.6 Å². The van der Waals surface area contributed by atoms with E-state index in [2.05, 4.69) is 15.5 Å². The first-order valence-electron chi connectivity index (χ1n) is 8.26. The summed E-state index contributed by atoms with van der Waals surface area (Å²) in [7, 11) is -3.23. The second-order valence-electron chi connectivity index (χ2n) is 6.31. The van der Waals surface area contributed by atoms with E-state index in [0.717, 1.165) is 22.9 Å². The number of carbonyl (C=O) groups excluding carboxylic acids is 1. The Labute approximate surface area is 157 Å². The molecule has 0 saturated heterocycles. The molecule has 1 N–H and O–H groups in total. The van der Waals surface area contributed by atoms with Gasteiger partial charge < -0.3 is 4.42 Å². The number of anilines is 1. The molecule has 0 saturated carbocycles. The van der Waals surface area contributed by atoms with E-state index in [1.165, 1.54) is 12.1 Å². The third kappa shape index (κ3) is 5.24. The Morgan fingerprint density at radius 3 is 2.48 bits per heavy atom.